The Morgan fingerprint density at radius 2 is 0.657 bits per heavy atom. The molecule has 0 aliphatic heterocycles. The third-order valence-corrected chi connectivity index (χ3v) is 15.2. The highest BCUT2D eigenvalue weighted by atomic mass is 35.5. The van der Waals surface area contributed by atoms with Gasteiger partial charge in [-0.3, -0.25) is 0 Å². The molecular weight excluding hydrogens is 1350 g/mol. The zero-order chi connectivity index (χ0) is 77.4. The molecule has 0 amide bonds. The van der Waals surface area contributed by atoms with E-state index in [9.17, 15) is 61.5 Å². The van der Waals surface area contributed by atoms with Gasteiger partial charge in [0.1, 0.15) is 34.6 Å². The maximum atomic E-state index is 13.3. The summed E-state index contributed by atoms with van der Waals surface area (Å²) in [5.74, 6) is 0.742. The number of alkyl halides is 12. The Kier molecular flexibility index (Phi) is 32.2. The maximum absolute atomic E-state index is 13.3. The third-order valence-electron chi connectivity index (χ3n) is 14.6. The Bertz CT molecular complexity index is 3510. The maximum Gasteiger partial charge on any atom is 0.573 e. The fourth-order valence-electron chi connectivity index (χ4n) is 9.84. The molecule has 4 nitrogen and oxygen atoms in total. The molecule has 0 unspecified atom stereocenters. The van der Waals surface area contributed by atoms with E-state index in [4.69, 9.17) is 37.4 Å². The van der Waals surface area contributed by atoms with E-state index >= 15 is 0 Å². The predicted octanol–water partition coefficient (Wildman–Crippen LogP) is 27.1. The van der Waals surface area contributed by atoms with Gasteiger partial charge in [0, 0.05) is 15.6 Å². The minimum Gasteiger partial charge on any atom is -0.497 e. The van der Waals surface area contributed by atoms with Gasteiger partial charge in [-0.05, 0) is 163 Å². The molecule has 0 saturated heterocycles. The predicted molar refractivity (Wildman–Crippen MR) is 377 cm³/mol. The van der Waals surface area contributed by atoms with Crippen LogP contribution in [0.25, 0.3) is 0 Å². The van der Waals surface area contributed by atoms with Crippen molar-refractivity contribution < 1.29 is 80.4 Å². The lowest BCUT2D eigenvalue weighted by molar-refractivity contribution is -0.275. The Labute approximate surface area is 589 Å². The molecule has 0 bridgehead atoms. The van der Waals surface area contributed by atoms with Crippen molar-refractivity contribution in [3.63, 3.8) is 0 Å². The molecule has 0 spiro atoms. The number of halogens is 16. The molecule has 20 heteroatoms. The van der Waals surface area contributed by atoms with Crippen LogP contribution in [0.5, 0.6) is 23.0 Å². The summed E-state index contributed by atoms with van der Waals surface area (Å²) in [6, 6.07) is 34.4. The van der Waals surface area contributed by atoms with E-state index in [1.165, 1.54) is 54.6 Å². The summed E-state index contributed by atoms with van der Waals surface area (Å²) in [6.07, 6.45) is -17.8. The summed E-state index contributed by atoms with van der Waals surface area (Å²) in [6.45, 7) is 43.8. The van der Waals surface area contributed by atoms with Gasteiger partial charge >= 0.3 is 24.9 Å². The first-order chi connectivity index (χ1) is 44.4. The van der Waals surface area contributed by atoms with E-state index in [0.717, 1.165) is 34.2 Å². The van der Waals surface area contributed by atoms with Crippen molar-refractivity contribution in [2.45, 2.75) is 222 Å². The molecule has 0 fully saturated rings. The highest BCUT2D eigenvalue weighted by Crippen LogP contribution is 2.42. The topological polar surface area (TPSA) is 36.9 Å². The van der Waals surface area contributed by atoms with Crippen LogP contribution in [0.15, 0.2) is 133 Å². The van der Waals surface area contributed by atoms with Crippen molar-refractivity contribution in [2.75, 3.05) is 21.3 Å². The van der Waals surface area contributed by atoms with Crippen LogP contribution in [0, 0.1) is 25.5 Å². The summed E-state index contributed by atoms with van der Waals surface area (Å²) < 4.78 is 196. The quantitative estimate of drug-likeness (QED) is 0.165. The number of para-hydroxylation sites is 1. The number of hydrogen-bond donors (Lipinski definition) is 0. The molecule has 0 saturated carbocycles. The molecule has 0 aromatic heterocycles. The zero-order valence-electron chi connectivity index (χ0n) is 61.9. The minimum absolute atomic E-state index is 0.0867. The summed E-state index contributed by atoms with van der Waals surface area (Å²) >= 11 is 12.0. The molecule has 0 aliphatic carbocycles. The molecule has 0 N–H and O–H groups in total. The molecule has 7 aromatic rings. The first-order valence-corrected chi connectivity index (χ1v) is 32.3. The van der Waals surface area contributed by atoms with Gasteiger partial charge in [-0.25, -0.2) is 8.78 Å². The van der Waals surface area contributed by atoms with E-state index in [1.807, 2.05) is 65.8 Å². The van der Waals surface area contributed by atoms with Crippen LogP contribution in [0.2, 0.25) is 10.0 Å². The molecule has 552 valence electrons. The number of benzene rings is 7. The average Bonchev–Trinajstić information content (AvgIpc) is 0.805. The highest BCUT2D eigenvalue weighted by Gasteiger charge is 2.39. The molecular formula is C79H100Cl2F14O4. The van der Waals surface area contributed by atoms with Crippen molar-refractivity contribution in [3.8, 4) is 23.0 Å². The lowest BCUT2D eigenvalue weighted by atomic mass is 9.83. The van der Waals surface area contributed by atoms with Crippen molar-refractivity contribution in [3.05, 3.63) is 222 Å². The van der Waals surface area contributed by atoms with Crippen LogP contribution in [0.1, 0.15) is 212 Å². The summed E-state index contributed by atoms with van der Waals surface area (Å²) in [7, 11) is 4.69. The average molecular weight is 1450 g/mol. The van der Waals surface area contributed by atoms with Gasteiger partial charge in [-0.15, -0.1) is 13.2 Å². The second kappa shape index (κ2) is 35.3. The largest absolute Gasteiger partial charge is 0.573 e. The third kappa shape index (κ3) is 30.6. The van der Waals surface area contributed by atoms with Crippen LogP contribution < -0.4 is 18.9 Å². The number of hydrogen-bond acceptors (Lipinski definition) is 4. The minimum atomic E-state index is -4.64. The smallest absolute Gasteiger partial charge is 0.497 e. The van der Waals surface area contributed by atoms with Crippen LogP contribution in [-0.4, -0.2) is 27.7 Å². The first-order valence-electron chi connectivity index (χ1n) is 31.5. The van der Waals surface area contributed by atoms with Crippen molar-refractivity contribution in [1.82, 2.24) is 0 Å². The second-order valence-electron chi connectivity index (χ2n) is 30.6. The molecule has 0 aliphatic rings. The summed E-state index contributed by atoms with van der Waals surface area (Å²) in [4.78, 5) is 0. The molecule has 0 heterocycles. The van der Waals surface area contributed by atoms with Crippen LogP contribution in [-0.2, 0) is 56.4 Å². The van der Waals surface area contributed by atoms with Gasteiger partial charge in [0.05, 0.1) is 38.0 Å². The molecule has 0 radical (unpaired) electrons. The summed E-state index contributed by atoms with van der Waals surface area (Å²) in [5, 5.41) is 1.27. The Morgan fingerprint density at radius 1 is 0.303 bits per heavy atom. The Morgan fingerprint density at radius 3 is 1.01 bits per heavy atom. The SMILES string of the molecule is CC(C)(C)c1c(F)cccc1Cl.CC(C)(C)c1ccc(F)cc1C(F)(F)F.CC(C)(C)c1ccccc1OC(F)(F)F.COc1ccc(C(C)(C)C)c(C(F)(F)F)c1.COc1ccc(C(C)(C)C)c(C)c1.COc1ccc(C(C)(C)C)c(Cl)c1.Cc1ccc(C(C)(C)C)c(C(F)(F)F)c1. The van der Waals surface area contributed by atoms with E-state index in [2.05, 4.69) is 65.3 Å². The van der Waals surface area contributed by atoms with Gasteiger partial charge in [-0.1, -0.05) is 235 Å². The lowest BCUT2D eigenvalue weighted by Gasteiger charge is -2.24. The summed E-state index contributed by atoms with van der Waals surface area (Å²) in [5.41, 5.74) is 2.31. The van der Waals surface area contributed by atoms with E-state index < -0.39 is 63.6 Å². The van der Waals surface area contributed by atoms with E-state index in [1.54, 1.807) is 126 Å². The Balaban J connectivity index is 0.000000579. The van der Waals surface area contributed by atoms with Crippen LogP contribution in [0.3, 0.4) is 0 Å². The number of aryl methyl sites for hydroxylation is 2. The van der Waals surface area contributed by atoms with Crippen molar-refractivity contribution in [2.24, 2.45) is 0 Å². The van der Waals surface area contributed by atoms with Crippen LogP contribution >= 0.6 is 23.2 Å². The zero-order valence-corrected chi connectivity index (χ0v) is 63.4. The molecule has 7 aromatic carbocycles. The van der Waals surface area contributed by atoms with Gasteiger partial charge in [-0.2, -0.15) is 39.5 Å². The van der Waals surface area contributed by atoms with Crippen molar-refractivity contribution >= 4 is 23.2 Å². The van der Waals surface area contributed by atoms with Gasteiger partial charge in [0.25, 0.3) is 0 Å². The van der Waals surface area contributed by atoms with Gasteiger partial charge in [0.15, 0.2) is 0 Å². The van der Waals surface area contributed by atoms with Gasteiger partial charge < -0.3 is 18.9 Å². The van der Waals surface area contributed by atoms with Gasteiger partial charge in [0.2, 0.25) is 0 Å². The highest BCUT2D eigenvalue weighted by molar-refractivity contribution is 6.31. The number of ether oxygens (including phenoxy) is 4. The van der Waals surface area contributed by atoms with Crippen LogP contribution in [0.4, 0.5) is 61.5 Å². The standard InChI is InChI=1S/C12H15F3O.C12H15F3.C12H18O.C11H15ClO.C11H12F4.C11H13F3O.C10H12ClF/c1-11(2,3)9-6-5-8(16-4)7-10(9)12(13,14)15;1-8-5-6-9(11(2,3)4)10(7-8)12(13,14)15;1-9-8-10(13-5)6-7-11(9)12(2,3)4;1-11(2,3)9-6-5-8(13-4)7-10(9)12;1-10(2,3)8-5-4-7(12)6-9(8)11(13,14)15;1-10(2,3)8-6-4-5-7-9(8)15-11(12,13)14;1-10(2,3)9-7(11)5-4-6-8(9)12/h5-7H,1-4H3;5-7H,1-4H3;6-8H,1-5H3;5-7H,1-4H3;4-6H,1-3H3;4-7H,1-3H3;4-6H,1-3H3. The molecule has 7 rings (SSSR count). The normalized spacial score (nSPS) is 12.3. The van der Waals surface area contributed by atoms with E-state index in [-0.39, 0.29) is 50.1 Å². The lowest BCUT2D eigenvalue weighted by Crippen LogP contribution is -2.21. The number of rotatable bonds is 4. The second-order valence-corrected chi connectivity index (χ2v) is 31.4. The monoisotopic (exact) mass is 1450 g/mol. The van der Waals surface area contributed by atoms with E-state index in [0.29, 0.717) is 33.3 Å². The first kappa shape index (κ1) is 90.4. The van der Waals surface area contributed by atoms with Crippen molar-refractivity contribution in [1.29, 1.82) is 0 Å². The fraction of sp³-hybridized carbons (Fsp3) is 0.468. The fourth-order valence-corrected chi connectivity index (χ4v) is 10.7. The number of methoxy groups -OCH3 is 3. The molecule has 99 heavy (non-hydrogen) atoms. The molecule has 0 atom stereocenters. The Hall–Kier alpha value is -6.66.